The van der Waals surface area contributed by atoms with E-state index < -0.39 is 0 Å². The lowest BCUT2D eigenvalue weighted by molar-refractivity contribution is 0.0648. The summed E-state index contributed by atoms with van der Waals surface area (Å²) in [6.45, 7) is 2.79. The van der Waals surface area contributed by atoms with E-state index in [1.54, 1.807) is 18.2 Å². The number of benzene rings is 1. The maximum Gasteiger partial charge on any atom is 0.254 e. The molecule has 1 aliphatic carbocycles. The van der Waals surface area contributed by atoms with E-state index in [0.717, 1.165) is 19.4 Å². The third kappa shape index (κ3) is 2.40. The Kier molecular flexibility index (Phi) is 3.67. The van der Waals surface area contributed by atoms with Crippen molar-refractivity contribution in [3.05, 3.63) is 23.8 Å². The molecule has 1 amide bonds. The molecule has 1 aromatic carbocycles. The van der Waals surface area contributed by atoms with Crippen LogP contribution in [0.25, 0.3) is 11.0 Å². The fourth-order valence-corrected chi connectivity index (χ4v) is 3.04. The van der Waals surface area contributed by atoms with Gasteiger partial charge in [0.15, 0.2) is 0 Å². The lowest BCUT2D eigenvalue weighted by Gasteiger charge is -2.33. The molecular formula is C15H19N3O2. The van der Waals surface area contributed by atoms with E-state index in [1.807, 2.05) is 11.8 Å². The predicted molar refractivity (Wildman–Crippen MR) is 75.4 cm³/mol. The van der Waals surface area contributed by atoms with Crippen molar-refractivity contribution in [2.75, 3.05) is 6.54 Å². The molecule has 0 bridgehead atoms. The second-order valence-corrected chi connectivity index (χ2v) is 5.35. The lowest BCUT2D eigenvalue weighted by Crippen LogP contribution is -2.41. The van der Waals surface area contributed by atoms with E-state index in [9.17, 15) is 4.79 Å². The molecule has 1 fully saturated rings. The first-order valence-electron chi connectivity index (χ1n) is 7.33. The molecule has 0 aliphatic heterocycles. The van der Waals surface area contributed by atoms with Crippen LogP contribution in [0.1, 0.15) is 49.4 Å². The Morgan fingerprint density at radius 1 is 1.25 bits per heavy atom. The highest BCUT2D eigenvalue weighted by molar-refractivity contribution is 5.97. The normalized spacial score (nSPS) is 16.4. The van der Waals surface area contributed by atoms with Crippen LogP contribution in [0, 0.1) is 0 Å². The van der Waals surface area contributed by atoms with Crippen molar-refractivity contribution in [2.24, 2.45) is 0 Å². The van der Waals surface area contributed by atoms with Gasteiger partial charge in [-0.15, -0.1) is 0 Å². The minimum Gasteiger partial charge on any atom is -0.336 e. The molecule has 0 radical (unpaired) electrons. The van der Waals surface area contributed by atoms with Gasteiger partial charge in [0.2, 0.25) is 0 Å². The first-order valence-corrected chi connectivity index (χ1v) is 7.33. The molecule has 0 spiro atoms. The molecule has 3 rings (SSSR count). The van der Waals surface area contributed by atoms with E-state index in [4.69, 9.17) is 0 Å². The Morgan fingerprint density at radius 2 is 2.00 bits per heavy atom. The van der Waals surface area contributed by atoms with Crippen LogP contribution in [-0.4, -0.2) is 33.7 Å². The summed E-state index contributed by atoms with van der Waals surface area (Å²) in [6.07, 6.45) is 5.97. The van der Waals surface area contributed by atoms with E-state index in [0.29, 0.717) is 22.6 Å². The van der Waals surface area contributed by atoms with Crippen molar-refractivity contribution in [3.63, 3.8) is 0 Å². The average Bonchev–Trinajstić information content (AvgIpc) is 2.96. The molecule has 2 aromatic rings. The van der Waals surface area contributed by atoms with Crippen molar-refractivity contribution in [3.8, 4) is 0 Å². The van der Waals surface area contributed by atoms with Crippen LogP contribution in [0.4, 0.5) is 0 Å². The summed E-state index contributed by atoms with van der Waals surface area (Å²) in [6, 6.07) is 5.74. The monoisotopic (exact) mass is 273 g/mol. The maximum atomic E-state index is 12.7. The number of carbonyl (C=O) groups excluding carboxylic acids is 1. The van der Waals surface area contributed by atoms with Crippen LogP contribution in [0.2, 0.25) is 0 Å². The van der Waals surface area contributed by atoms with Crippen molar-refractivity contribution in [1.82, 2.24) is 15.2 Å². The van der Waals surface area contributed by atoms with Gasteiger partial charge >= 0.3 is 0 Å². The molecule has 0 unspecified atom stereocenters. The summed E-state index contributed by atoms with van der Waals surface area (Å²) in [7, 11) is 0. The van der Waals surface area contributed by atoms with Gasteiger partial charge in [-0.2, -0.15) is 0 Å². The standard InChI is InChI=1S/C15H19N3O2/c1-2-18(12-6-4-3-5-7-12)15(19)11-8-9-13-14(10-11)17-20-16-13/h8-10,12H,2-7H2,1H3. The van der Waals surface area contributed by atoms with Crippen molar-refractivity contribution < 1.29 is 9.42 Å². The van der Waals surface area contributed by atoms with E-state index >= 15 is 0 Å². The second kappa shape index (κ2) is 5.61. The summed E-state index contributed by atoms with van der Waals surface area (Å²) in [5, 5.41) is 7.57. The fourth-order valence-electron chi connectivity index (χ4n) is 3.04. The Bertz CT molecular complexity index is 602. The van der Waals surface area contributed by atoms with Gasteiger partial charge in [0, 0.05) is 18.2 Å². The summed E-state index contributed by atoms with van der Waals surface area (Å²) in [5.74, 6) is 0.0873. The predicted octanol–water partition coefficient (Wildman–Crippen LogP) is 3.02. The van der Waals surface area contributed by atoms with Crippen LogP contribution < -0.4 is 0 Å². The SMILES string of the molecule is CCN(C(=O)c1ccc2nonc2c1)C1CCCCC1. The van der Waals surface area contributed by atoms with Crippen molar-refractivity contribution >= 4 is 16.9 Å². The highest BCUT2D eigenvalue weighted by Gasteiger charge is 2.25. The molecule has 106 valence electrons. The van der Waals surface area contributed by atoms with Gasteiger partial charge in [-0.05, 0) is 48.3 Å². The first kappa shape index (κ1) is 13.1. The minimum absolute atomic E-state index is 0.0873. The summed E-state index contributed by atoms with van der Waals surface area (Å²) in [5.41, 5.74) is 1.98. The minimum atomic E-state index is 0.0873. The first-order chi connectivity index (χ1) is 9.79. The summed E-state index contributed by atoms with van der Waals surface area (Å²) >= 11 is 0. The van der Waals surface area contributed by atoms with E-state index in [2.05, 4.69) is 14.9 Å². The molecule has 0 atom stereocenters. The Balaban J connectivity index is 1.84. The zero-order valence-corrected chi connectivity index (χ0v) is 11.7. The van der Waals surface area contributed by atoms with Crippen LogP contribution in [0.5, 0.6) is 0 Å². The number of amides is 1. The molecule has 1 saturated carbocycles. The molecule has 5 heteroatoms. The number of carbonyl (C=O) groups is 1. The number of nitrogens with zero attached hydrogens (tertiary/aromatic N) is 3. The summed E-state index contributed by atoms with van der Waals surface area (Å²) in [4.78, 5) is 14.7. The van der Waals surface area contributed by atoms with Gasteiger partial charge in [0.25, 0.3) is 5.91 Å². The summed E-state index contributed by atoms with van der Waals surface area (Å²) < 4.78 is 4.68. The van der Waals surface area contributed by atoms with Gasteiger partial charge in [-0.25, -0.2) is 4.63 Å². The molecule has 5 nitrogen and oxygen atoms in total. The van der Waals surface area contributed by atoms with Crippen LogP contribution in [0.3, 0.4) is 0 Å². The third-order valence-electron chi connectivity index (χ3n) is 4.12. The number of hydrogen-bond donors (Lipinski definition) is 0. The lowest BCUT2D eigenvalue weighted by atomic mass is 9.93. The maximum absolute atomic E-state index is 12.7. The smallest absolute Gasteiger partial charge is 0.254 e. The number of aromatic nitrogens is 2. The van der Waals surface area contributed by atoms with E-state index in [1.165, 1.54) is 19.3 Å². The fraction of sp³-hybridized carbons (Fsp3) is 0.533. The zero-order valence-electron chi connectivity index (χ0n) is 11.7. The quantitative estimate of drug-likeness (QED) is 0.862. The van der Waals surface area contributed by atoms with Crippen LogP contribution in [-0.2, 0) is 0 Å². The third-order valence-corrected chi connectivity index (χ3v) is 4.12. The number of fused-ring (bicyclic) bond motifs is 1. The Hall–Kier alpha value is -1.91. The number of hydrogen-bond acceptors (Lipinski definition) is 4. The Labute approximate surface area is 117 Å². The highest BCUT2D eigenvalue weighted by Crippen LogP contribution is 2.24. The van der Waals surface area contributed by atoms with Crippen LogP contribution in [0.15, 0.2) is 22.8 Å². The van der Waals surface area contributed by atoms with Crippen molar-refractivity contribution in [2.45, 2.75) is 45.1 Å². The molecule has 1 heterocycles. The topological polar surface area (TPSA) is 59.2 Å². The van der Waals surface area contributed by atoms with Gasteiger partial charge in [0.05, 0.1) is 0 Å². The van der Waals surface area contributed by atoms with Gasteiger partial charge in [-0.3, -0.25) is 4.79 Å². The molecule has 0 saturated heterocycles. The molecule has 20 heavy (non-hydrogen) atoms. The number of rotatable bonds is 3. The van der Waals surface area contributed by atoms with Gasteiger partial charge in [0.1, 0.15) is 11.0 Å². The molecular weight excluding hydrogens is 254 g/mol. The molecule has 0 N–H and O–H groups in total. The molecule has 1 aromatic heterocycles. The average molecular weight is 273 g/mol. The Morgan fingerprint density at radius 3 is 2.75 bits per heavy atom. The second-order valence-electron chi connectivity index (χ2n) is 5.35. The zero-order chi connectivity index (χ0) is 13.9. The van der Waals surface area contributed by atoms with Crippen molar-refractivity contribution in [1.29, 1.82) is 0 Å². The van der Waals surface area contributed by atoms with Crippen LogP contribution >= 0.6 is 0 Å². The van der Waals surface area contributed by atoms with E-state index in [-0.39, 0.29) is 5.91 Å². The van der Waals surface area contributed by atoms with Gasteiger partial charge in [-0.1, -0.05) is 19.3 Å². The van der Waals surface area contributed by atoms with Gasteiger partial charge < -0.3 is 4.90 Å². The highest BCUT2D eigenvalue weighted by atomic mass is 16.6. The largest absolute Gasteiger partial charge is 0.336 e. The molecule has 1 aliphatic rings.